The molecule has 1 aromatic heterocycles. The van der Waals surface area contributed by atoms with Crippen LogP contribution in [0.25, 0.3) is 10.2 Å². The molecule has 2 aromatic rings. The molecule has 19 heavy (non-hydrogen) atoms. The largest absolute Gasteiger partial charge is 0.376 e. The highest BCUT2D eigenvalue weighted by Gasteiger charge is 2.16. The molecule has 3 rings (SSSR count). The molecule has 1 aliphatic rings. The van der Waals surface area contributed by atoms with Crippen molar-refractivity contribution < 1.29 is 4.79 Å². The second-order valence-corrected chi connectivity index (χ2v) is 5.82. The molecule has 1 aromatic carbocycles. The van der Waals surface area contributed by atoms with E-state index in [0.717, 1.165) is 28.7 Å². The monoisotopic (exact) mass is 275 g/mol. The van der Waals surface area contributed by atoms with Gasteiger partial charge in [-0.1, -0.05) is 12.8 Å². The number of anilines is 1. The van der Waals surface area contributed by atoms with Crippen molar-refractivity contribution in [3.05, 3.63) is 23.7 Å². The normalized spacial score (nSPS) is 15.8. The summed E-state index contributed by atoms with van der Waals surface area (Å²) in [7, 11) is 0. The summed E-state index contributed by atoms with van der Waals surface area (Å²) in [5, 5.41) is 6.24. The minimum absolute atomic E-state index is 0.0799. The molecule has 1 aliphatic carbocycles. The van der Waals surface area contributed by atoms with Crippen molar-refractivity contribution in [3.63, 3.8) is 0 Å². The summed E-state index contributed by atoms with van der Waals surface area (Å²) in [6.07, 6.45) is 4.72. The van der Waals surface area contributed by atoms with Crippen LogP contribution in [0.1, 0.15) is 25.7 Å². The molecule has 2 N–H and O–H groups in total. The van der Waals surface area contributed by atoms with E-state index in [1.165, 1.54) is 12.8 Å². The Labute approximate surface area is 116 Å². The topological polar surface area (TPSA) is 54.0 Å². The van der Waals surface area contributed by atoms with Crippen LogP contribution >= 0.6 is 11.3 Å². The molecular formula is C14H17N3OS. The highest BCUT2D eigenvalue weighted by molar-refractivity contribution is 7.16. The molecule has 0 atom stereocenters. The van der Waals surface area contributed by atoms with Crippen LogP contribution in [0.15, 0.2) is 23.7 Å². The quantitative estimate of drug-likeness (QED) is 0.902. The second kappa shape index (κ2) is 5.57. The molecule has 0 radical (unpaired) electrons. The van der Waals surface area contributed by atoms with Gasteiger partial charge in [-0.05, 0) is 31.0 Å². The fourth-order valence-corrected chi connectivity index (χ4v) is 3.21. The number of aromatic nitrogens is 1. The summed E-state index contributed by atoms with van der Waals surface area (Å²) >= 11 is 1.61. The van der Waals surface area contributed by atoms with Crippen molar-refractivity contribution in [3.8, 4) is 0 Å². The van der Waals surface area contributed by atoms with Gasteiger partial charge < -0.3 is 10.6 Å². The van der Waals surface area contributed by atoms with Gasteiger partial charge >= 0.3 is 0 Å². The Morgan fingerprint density at radius 2 is 2.21 bits per heavy atom. The Kier molecular flexibility index (Phi) is 3.64. The zero-order valence-electron chi connectivity index (χ0n) is 10.7. The number of hydrogen-bond acceptors (Lipinski definition) is 4. The minimum atomic E-state index is 0.0799. The third-order valence-electron chi connectivity index (χ3n) is 3.50. The number of benzene rings is 1. The van der Waals surface area contributed by atoms with Gasteiger partial charge in [0.25, 0.3) is 0 Å². The summed E-state index contributed by atoms with van der Waals surface area (Å²) in [5.74, 6) is 0.0799. The maximum Gasteiger partial charge on any atom is 0.239 e. The van der Waals surface area contributed by atoms with Crippen LogP contribution in [0.2, 0.25) is 0 Å². The second-order valence-electron chi connectivity index (χ2n) is 4.94. The number of thiazole rings is 1. The molecule has 0 aliphatic heterocycles. The Morgan fingerprint density at radius 1 is 1.37 bits per heavy atom. The summed E-state index contributed by atoms with van der Waals surface area (Å²) in [6.45, 7) is 0.334. The van der Waals surface area contributed by atoms with Crippen molar-refractivity contribution in [2.75, 3.05) is 11.9 Å². The van der Waals surface area contributed by atoms with E-state index in [2.05, 4.69) is 15.6 Å². The van der Waals surface area contributed by atoms with Crippen LogP contribution < -0.4 is 10.6 Å². The fourth-order valence-electron chi connectivity index (χ4n) is 2.50. The van der Waals surface area contributed by atoms with Gasteiger partial charge in [-0.2, -0.15) is 0 Å². The van der Waals surface area contributed by atoms with Gasteiger partial charge in [0.2, 0.25) is 5.91 Å². The maximum absolute atomic E-state index is 11.8. The number of fused-ring (bicyclic) bond motifs is 1. The predicted molar refractivity (Wildman–Crippen MR) is 78.5 cm³/mol. The number of amides is 1. The number of carbonyl (C=O) groups excluding carboxylic acids is 1. The molecule has 0 saturated heterocycles. The van der Waals surface area contributed by atoms with Crippen LogP contribution in [-0.4, -0.2) is 23.5 Å². The smallest absolute Gasteiger partial charge is 0.239 e. The average Bonchev–Trinajstić information content (AvgIpc) is 3.06. The third kappa shape index (κ3) is 3.04. The Hall–Kier alpha value is -1.62. The first-order chi connectivity index (χ1) is 9.31. The predicted octanol–water partition coefficient (Wildman–Crippen LogP) is 2.77. The van der Waals surface area contributed by atoms with Crippen LogP contribution in [0, 0.1) is 0 Å². The number of nitrogens with zero attached hydrogens (tertiary/aromatic N) is 1. The molecule has 0 bridgehead atoms. The van der Waals surface area contributed by atoms with Gasteiger partial charge in [-0.3, -0.25) is 4.79 Å². The van der Waals surface area contributed by atoms with Crippen molar-refractivity contribution >= 4 is 33.1 Å². The average molecular weight is 275 g/mol. The van der Waals surface area contributed by atoms with E-state index in [0.29, 0.717) is 12.6 Å². The first-order valence-corrected chi connectivity index (χ1v) is 7.56. The number of carbonyl (C=O) groups is 1. The lowest BCUT2D eigenvalue weighted by Crippen LogP contribution is -2.36. The Morgan fingerprint density at radius 3 is 3.05 bits per heavy atom. The lowest BCUT2D eigenvalue weighted by Gasteiger charge is -2.12. The molecule has 5 heteroatoms. The summed E-state index contributed by atoms with van der Waals surface area (Å²) in [5.41, 5.74) is 3.81. The Balaban J connectivity index is 1.54. The van der Waals surface area contributed by atoms with E-state index in [9.17, 15) is 4.79 Å². The van der Waals surface area contributed by atoms with Crippen LogP contribution in [0.4, 0.5) is 5.69 Å². The molecule has 1 saturated carbocycles. The van der Waals surface area contributed by atoms with Gasteiger partial charge in [0.05, 0.1) is 22.3 Å². The minimum Gasteiger partial charge on any atom is -0.376 e. The molecule has 4 nitrogen and oxygen atoms in total. The van der Waals surface area contributed by atoms with Gasteiger partial charge in [-0.15, -0.1) is 11.3 Å². The summed E-state index contributed by atoms with van der Waals surface area (Å²) in [6, 6.07) is 6.36. The summed E-state index contributed by atoms with van der Waals surface area (Å²) in [4.78, 5) is 16.0. The highest BCUT2D eigenvalue weighted by Crippen LogP contribution is 2.21. The van der Waals surface area contributed by atoms with E-state index in [-0.39, 0.29) is 5.91 Å². The Bertz CT molecular complexity index is 575. The zero-order valence-corrected chi connectivity index (χ0v) is 11.5. The molecule has 100 valence electrons. The van der Waals surface area contributed by atoms with Gasteiger partial charge in [-0.25, -0.2) is 4.98 Å². The summed E-state index contributed by atoms with van der Waals surface area (Å²) < 4.78 is 1.14. The van der Waals surface area contributed by atoms with Gasteiger partial charge in [0.1, 0.15) is 0 Å². The lowest BCUT2D eigenvalue weighted by molar-refractivity contribution is -0.120. The molecular weight excluding hydrogens is 258 g/mol. The van der Waals surface area contributed by atoms with Gasteiger partial charge in [0, 0.05) is 11.7 Å². The van der Waals surface area contributed by atoms with Gasteiger partial charge in [0.15, 0.2) is 0 Å². The first-order valence-electron chi connectivity index (χ1n) is 6.68. The van der Waals surface area contributed by atoms with E-state index >= 15 is 0 Å². The number of nitrogens with one attached hydrogen (secondary N) is 2. The molecule has 0 unspecified atom stereocenters. The maximum atomic E-state index is 11.8. The fraction of sp³-hybridized carbons (Fsp3) is 0.429. The lowest BCUT2D eigenvalue weighted by atomic mass is 10.2. The highest BCUT2D eigenvalue weighted by atomic mass is 32.1. The van der Waals surface area contributed by atoms with Crippen molar-refractivity contribution in [1.29, 1.82) is 0 Å². The van der Waals surface area contributed by atoms with E-state index in [1.54, 1.807) is 11.3 Å². The van der Waals surface area contributed by atoms with E-state index in [4.69, 9.17) is 0 Å². The molecule has 1 fully saturated rings. The zero-order chi connectivity index (χ0) is 13.1. The first kappa shape index (κ1) is 12.4. The van der Waals surface area contributed by atoms with E-state index in [1.807, 2.05) is 23.7 Å². The van der Waals surface area contributed by atoms with Crippen LogP contribution in [0.5, 0.6) is 0 Å². The van der Waals surface area contributed by atoms with Crippen LogP contribution in [-0.2, 0) is 4.79 Å². The van der Waals surface area contributed by atoms with Crippen LogP contribution in [0.3, 0.4) is 0 Å². The molecule has 1 heterocycles. The third-order valence-corrected chi connectivity index (χ3v) is 4.30. The molecule has 1 amide bonds. The standard InChI is InChI=1S/C14H17N3OS/c18-14(17-10-3-1-2-4-10)8-15-11-5-6-12-13(7-11)19-9-16-12/h5-7,9-10,15H,1-4,8H2,(H,17,18). The van der Waals surface area contributed by atoms with Crippen molar-refractivity contribution in [2.24, 2.45) is 0 Å². The SMILES string of the molecule is O=C(CNc1ccc2ncsc2c1)NC1CCCC1. The van der Waals surface area contributed by atoms with E-state index < -0.39 is 0 Å². The number of rotatable bonds is 4. The van der Waals surface area contributed by atoms with Crippen molar-refractivity contribution in [1.82, 2.24) is 10.3 Å². The van der Waals surface area contributed by atoms with Crippen molar-refractivity contribution in [2.45, 2.75) is 31.7 Å². The molecule has 0 spiro atoms. The number of hydrogen-bond donors (Lipinski definition) is 2.